The highest BCUT2D eigenvalue weighted by molar-refractivity contribution is 5.52. The molecule has 0 aromatic heterocycles. The Morgan fingerprint density at radius 3 is 2.19 bits per heavy atom. The molecule has 1 aliphatic rings. The summed E-state index contributed by atoms with van der Waals surface area (Å²) in [5.41, 5.74) is 2.72. The van der Waals surface area contributed by atoms with E-state index in [1.807, 2.05) is 54.6 Å². The molecular weight excluding hydrogens is 478 g/mol. The third-order valence-corrected chi connectivity index (χ3v) is 6.22. The van der Waals surface area contributed by atoms with E-state index < -0.39 is 37.3 Å². The second-order valence-corrected chi connectivity index (χ2v) is 8.87. The number of hydrogen-bond donors (Lipinski definition) is 4. The third kappa shape index (κ3) is 9.11. The molecule has 0 saturated carbocycles. The van der Waals surface area contributed by atoms with E-state index in [2.05, 4.69) is 22.1 Å². The summed E-state index contributed by atoms with van der Waals surface area (Å²) in [5, 5.41) is 47.5. The summed E-state index contributed by atoms with van der Waals surface area (Å²) in [6.07, 6.45) is -3.62. The van der Waals surface area contributed by atoms with Crippen LogP contribution in [0, 0.1) is 0 Å². The monoisotopic (exact) mass is 517 g/mol. The molecule has 3 rings (SSSR count). The second-order valence-electron chi connectivity index (χ2n) is 8.87. The molecule has 10 heteroatoms. The summed E-state index contributed by atoms with van der Waals surface area (Å²) in [5.74, 6) is 0. The molecule has 0 aliphatic carbocycles. The molecule has 0 bridgehead atoms. The van der Waals surface area contributed by atoms with Gasteiger partial charge in [-0.15, -0.1) is 0 Å². The predicted octanol–water partition coefficient (Wildman–Crippen LogP) is 2.93. The molecule has 2 aromatic carbocycles. The van der Waals surface area contributed by atoms with Crippen LogP contribution in [0.5, 0.6) is 0 Å². The number of azo groups is 1. The SMILES string of the molecule is CCN(CCOCCCCCOC1C(O)[C@H](O)OC(CO)[C@H]1O)c1ccc(N=Nc2ccccc2)cc1. The zero-order valence-electron chi connectivity index (χ0n) is 21.3. The minimum atomic E-state index is -1.50. The highest BCUT2D eigenvalue weighted by Crippen LogP contribution is 2.23. The van der Waals surface area contributed by atoms with Crippen molar-refractivity contribution in [2.75, 3.05) is 44.4 Å². The van der Waals surface area contributed by atoms with Crippen molar-refractivity contribution in [2.45, 2.75) is 56.9 Å². The summed E-state index contributed by atoms with van der Waals surface area (Å²) >= 11 is 0. The van der Waals surface area contributed by atoms with Gasteiger partial charge in [-0.05, 0) is 62.6 Å². The van der Waals surface area contributed by atoms with Gasteiger partial charge in [-0.3, -0.25) is 0 Å². The quantitative estimate of drug-likeness (QED) is 0.209. The second kappa shape index (κ2) is 15.7. The first-order chi connectivity index (χ1) is 18.0. The summed E-state index contributed by atoms with van der Waals surface area (Å²) in [4.78, 5) is 2.24. The first-order valence-corrected chi connectivity index (χ1v) is 12.8. The number of likely N-dealkylation sites (N-methyl/N-ethyl adjacent to an activating group) is 1. The largest absolute Gasteiger partial charge is 0.394 e. The molecule has 3 unspecified atom stereocenters. The number of nitrogens with zero attached hydrogens (tertiary/aromatic N) is 3. The van der Waals surface area contributed by atoms with Gasteiger partial charge in [0.25, 0.3) is 0 Å². The van der Waals surface area contributed by atoms with Crippen LogP contribution in [0.3, 0.4) is 0 Å². The van der Waals surface area contributed by atoms with E-state index in [9.17, 15) is 20.4 Å². The number of benzene rings is 2. The molecule has 1 aliphatic heterocycles. The highest BCUT2D eigenvalue weighted by atomic mass is 16.6. The Hall–Kier alpha value is -2.44. The first kappa shape index (κ1) is 29.1. The molecule has 0 amide bonds. The third-order valence-electron chi connectivity index (χ3n) is 6.22. The maximum absolute atomic E-state index is 10.1. The van der Waals surface area contributed by atoms with Gasteiger partial charge >= 0.3 is 0 Å². The van der Waals surface area contributed by atoms with Gasteiger partial charge in [0, 0.05) is 32.0 Å². The first-order valence-electron chi connectivity index (χ1n) is 12.8. The van der Waals surface area contributed by atoms with E-state index in [0.29, 0.717) is 19.8 Å². The van der Waals surface area contributed by atoms with Gasteiger partial charge in [0.2, 0.25) is 0 Å². The van der Waals surface area contributed by atoms with Crippen LogP contribution in [0.15, 0.2) is 64.8 Å². The van der Waals surface area contributed by atoms with E-state index in [1.54, 1.807) is 0 Å². The van der Waals surface area contributed by atoms with Crippen molar-refractivity contribution < 1.29 is 34.6 Å². The van der Waals surface area contributed by atoms with Crippen LogP contribution >= 0.6 is 0 Å². The topological polar surface area (TPSA) is 137 Å². The molecule has 0 spiro atoms. The molecule has 2 aromatic rings. The Labute approximate surface area is 218 Å². The lowest BCUT2D eigenvalue weighted by molar-refractivity contribution is -0.294. The van der Waals surface area contributed by atoms with Crippen molar-refractivity contribution in [3.05, 3.63) is 54.6 Å². The van der Waals surface area contributed by atoms with Crippen LogP contribution in [0.1, 0.15) is 26.2 Å². The Kier molecular flexibility index (Phi) is 12.4. The van der Waals surface area contributed by atoms with Gasteiger partial charge < -0.3 is 39.5 Å². The zero-order valence-corrected chi connectivity index (χ0v) is 21.3. The molecule has 1 saturated heterocycles. The Morgan fingerprint density at radius 1 is 0.838 bits per heavy atom. The molecule has 37 heavy (non-hydrogen) atoms. The van der Waals surface area contributed by atoms with E-state index in [1.165, 1.54) is 0 Å². The normalized spacial score (nSPS) is 24.0. The lowest BCUT2D eigenvalue weighted by atomic mass is 9.99. The number of aliphatic hydroxyl groups excluding tert-OH is 4. The summed E-state index contributed by atoms with van der Waals surface area (Å²) in [7, 11) is 0. The fraction of sp³-hybridized carbons (Fsp3) is 0.556. The Balaban J connectivity index is 1.28. The van der Waals surface area contributed by atoms with E-state index in [-0.39, 0.29) is 0 Å². The fourth-order valence-electron chi connectivity index (χ4n) is 4.05. The summed E-state index contributed by atoms with van der Waals surface area (Å²) in [6.45, 7) is 4.83. The van der Waals surface area contributed by atoms with Gasteiger partial charge in [0.15, 0.2) is 6.29 Å². The van der Waals surface area contributed by atoms with Crippen molar-refractivity contribution in [1.82, 2.24) is 0 Å². The molecule has 0 radical (unpaired) electrons. The smallest absolute Gasteiger partial charge is 0.184 e. The minimum Gasteiger partial charge on any atom is -0.394 e. The molecular formula is C27H39N3O7. The lowest BCUT2D eigenvalue weighted by Gasteiger charge is -2.39. The maximum atomic E-state index is 10.1. The van der Waals surface area contributed by atoms with Crippen LogP contribution in [0.4, 0.5) is 17.1 Å². The van der Waals surface area contributed by atoms with Crippen LogP contribution < -0.4 is 4.90 Å². The van der Waals surface area contributed by atoms with Crippen LogP contribution in [0.2, 0.25) is 0 Å². The van der Waals surface area contributed by atoms with Gasteiger partial charge in [-0.25, -0.2) is 0 Å². The number of unbranched alkanes of at least 4 members (excludes halogenated alkanes) is 2. The average Bonchev–Trinajstić information content (AvgIpc) is 2.93. The zero-order chi connectivity index (χ0) is 26.5. The number of hydrogen-bond acceptors (Lipinski definition) is 10. The van der Waals surface area contributed by atoms with Gasteiger partial charge in [0.1, 0.15) is 24.4 Å². The fourth-order valence-corrected chi connectivity index (χ4v) is 4.05. The molecule has 204 valence electrons. The molecule has 1 fully saturated rings. The Morgan fingerprint density at radius 2 is 1.51 bits per heavy atom. The van der Waals surface area contributed by atoms with Gasteiger partial charge in [0.05, 0.1) is 24.6 Å². The van der Waals surface area contributed by atoms with Crippen molar-refractivity contribution in [2.24, 2.45) is 10.2 Å². The highest BCUT2D eigenvalue weighted by Gasteiger charge is 2.44. The molecule has 5 atom stereocenters. The van der Waals surface area contributed by atoms with Gasteiger partial charge in [-0.1, -0.05) is 18.2 Å². The van der Waals surface area contributed by atoms with Crippen molar-refractivity contribution >= 4 is 17.1 Å². The standard InChI is InChI=1S/C27H39N3O7/c1-2-30(22-13-11-21(12-14-22)29-28-20-9-5-3-6-10-20)15-18-35-16-7-4-8-17-36-26-24(32)23(19-31)37-27(34)25(26)33/h3,5-6,9-14,23-27,31-34H,2,4,7-8,15-19H2,1H3/t23?,24-,25?,26?,27-/m1/s1. The average molecular weight is 518 g/mol. The Bertz CT molecular complexity index is 916. The molecule has 4 N–H and O–H groups in total. The van der Waals surface area contributed by atoms with Crippen LogP contribution in [-0.2, 0) is 14.2 Å². The number of anilines is 1. The van der Waals surface area contributed by atoms with Gasteiger partial charge in [-0.2, -0.15) is 10.2 Å². The van der Waals surface area contributed by atoms with E-state index in [0.717, 1.165) is 49.4 Å². The minimum absolute atomic E-state index is 0.314. The lowest BCUT2D eigenvalue weighted by Crippen LogP contribution is -2.59. The van der Waals surface area contributed by atoms with Crippen LogP contribution in [-0.4, -0.2) is 90.6 Å². The van der Waals surface area contributed by atoms with Crippen LogP contribution in [0.25, 0.3) is 0 Å². The maximum Gasteiger partial charge on any atom is 0.184 e. The van der Waals surface area contributed by atoms with Crippen molar-refractivity contribution in [3.63, 3.8) is 0 Å². The predicted molar refractivity (Wildman–Crippen MR) is 139 cm³/mol. The summed E-state index contributed by atoms with van der Waals surface area (Å²) < 4.78 is 16.3. The number of ether oxygens (including phenoxy) is 3. The number of rotatable bonds is 15. The summed E-state index contributed by atoms with van der Waals surface area (Å²) in [6, 6.07) is 17.6. The molecule has 10 nitrogen and oxygen atoms in total. The van der Waals surface area contributed by atoms with E-state index >= 15 is 0 Å². The van der Waals surface area contributed by atoms with Crippen molar-refractivity contribution in [3.8, 4) is 0 Å². The molecule has 1 heterocycles. The van der Waals surface area contributed by atoms with E-state index in [4.69, 9.17) is 14.2 Å². The number of aliphatic hydroxyl groups is 4. The van der Waals surface area contributed by atoms with Crippen molar-refractivity contribution in [1.29, 1.82) is 0 Å².